The Hall–Kier alpha value is -0.353. The highest BCUT2D eigenvalue weighted by atomic mass is 28.4. The summed E-state index contributed by atoms with van der Waals surface area (Å²) in [6, 6.07) is 0. The maximum atomic E-state index is 8.47. The van der Waals surface area contributed by atoms with E-state index in [-0.39, 0.29) is 5.04 Å². The highest BCUT2D eigenvalue weighted by Crippen LogP contribution is 2.36. The van der Waals surface area contributed by atoms with Crippen molar-refractivity contribution >= 4 is 14.0 Å². The number of rotatable bonds is 4. The van der Waals surface area contributed by atoms with E-state index in [2.05, 4.69) is 39.0 Å². The fraction of sp³-hybridized carbons (Fsp3) is 0.900. The van der Waals surface area contributed by atoms with E-state index in [1.54, 1.807) is 6.92 Å². The highest BCUT2D eigenvalue weighted by Gasteiger charge is 2.36. The van der Waals surface area contributed by atoms with Gasteiger partial charge in [-0.1, -0.05) is 25.9 Å². The zero-order chi connectivity index (χ0) is 11.4. The van der Waals surface area contributed by atoms with E-state index in [4.69, 9.17) is 9.63 Å². The van der Waals surface area contributed by atoms with Gasteiger partial charge in [-0.05, 0) is 25.1 Å². The molecule has 0 aliphatic rings. The molecule has 0 fully saturated rings. The SMILES string of the molecule is CC(CCO[Si](C)(C)C(C)(C)C)=NO. The maximum Gasteiger partial charge on any atom is 0.191 e. The van der Waals surface area contributed by atoms with Crippen molar-refractivity contribution < 1.29 is 9.63 Å². The second-order valence-electron chi connectivity index (χ2n) is 5.19. The van der Waals surface area contributed by atoms with Crippen LogP contribution in [-0.4, -0.2) is 25.8 Å². The molecule has 0 spiro atoms. The third-order valence-corrected chi connectivity index (χ3v) is 7.44. The number of nitrogens with zero attached hydrogens (tertiary/aromatic N) is 1. The van der Waals surface area contributed by atoms with Crippen molar-refractivity contribution in [3.8, 4) is 0 Å². The third-order valence-electron chi connectivity index (χ3n) is 2.90. The molecule has 0 amide bonds. The first-order valence-electron chi connectivity index (χ1n) is 5.02. The van der Waals surface area contributed by atoms with Crippen molar-refractivity contribution in [3.05, 3.63) is 0 Å². The normalized spacial score (nSPS) is 14.6. The van der Waals surface area contributed by atoms with Crippen molar-refractivity contribution in [2.45, 2.75) is 52.2 Å². The van der Waals surface area contributed by atoms with E-state index in [1.807, 2.05) is 0 Å². The van der Waals surface area contributed by atoms with Crippen LogP contribution in [0.1, 0.15) is 34.1 Å². The average molecular weight is 217 g/mol. The van der Waals surface area contributed by atoms with Gasteiger partial charge in [0.15, 0.2) is 8.32 Å². The van der Waals surface area contributed by atoms with Crippen LogP contribution in [0.25, 0.3) is 0 Å². The topological polar surface area (TPSA) is 41.8 Å². The molecule has 14 heavy (non-hydrogen) atoms. The fourth-order valence-corrected chi connectivity index (χ4v) is 1.77. The maximum absolute atomic E-state index is 8.47. The van der Waals surface area contributed by atoms with Crippen LogP contribution >= 0.6 is 0 Å². The summed E-state index contributed by atoms with van der Waals surface area (Å²) in [5.41, 5.74) is 0.726. The lowest BCUT2D eigenvalue weighted by atomic mass is 10.2. The molecule has 0 rings (SSSR count). The lowest BCUT2D eigenvalue weighted by Gasteiger charge is -2.36. The molecule has 0 aromatic heterocycles. The van der Waals surface area contributed by atoms with E-state index >= 15 is 0 Å². The number of hydrogen-bond acceptors (Lipinski definition) is 3. The second kappa shape index (κ2) is 4.93. The predicted molar refractivity (Wildman–Crippen MR) is 62.7 cm³/mol. The standard InChI is InChI=1S/C10H23NO2Si/c1-9(11-12)7-8-13-14(5,6)10(2,3)4/h12H,7-8H2,1-6H3. The van der Waals surface area contributed by atoms with Gasteiger partial charge in [-0.2, -0.15) is 0 Å². The Kier molecular flexibility index (Phi) is 4.81. The van der Waals surface area contributed by atoms with Gasteiger partial charge in [0.2, 0.25) is 0 Å². The van der Waals surface area contributed by atoms with Gasteiger partial charge in [-0.3, -0.25) is 0 Å². The molecular formula is C10H23NO2Si. The summed E-state index contributed by atoms with van der Waals surface area (Å²) in [5.74, 6) is 0. The molecule has 0 saturated heterocycles. The monoisotopic (exact) mass is 217 g/mol. The van der Waals surface area contributed by atoms with Crippen molar-refractivity contribution in [1.82, 2.24) is 0 Å². The van der Waals surface area contributed by atoms with Crippen LogP contribution in [0, 0.1) is 0 Å². The van der Waals surface area contributed by atoms with Gasteiger partial charge >= 0.3 is 0 Å². The fourth-order valence-electron chi connectivity index (χ4n) is 0.720. The summed E-state index contributed by atoms with van der Waals surface area (Å²) < 4.78 is 5.91. The largest absolute Gasteiger partial charge is 0.416 e. The summed E-state index contributed by atoms with van der Waals surface area (Å²) in [4.78, 5) is 0. The number of oxime groups is 1. The first kappa shape index (κ1) is 13.6. The summed E-state index contributed by atoms with van der Waals surface area (Å²) in [6.07, 6.45) is 0.711. The molecule has 0 radical (unpaired) electrons. The molecule has 0 saturated carbocycles. The molecular weight excluding hydrogens is 194 g/mol. The van der Waals surface area contributed by atoms with Gasteiger partial charge in [-0.15, -0.1) is 0 Å². The summed E-state index contributed by atoms with van der Waals surface area (Å²) in [6.45, 7) is 13.5. The Labute approximate surface area is 88.3 Å². The average Bonchev–Trinajstić information content (AvgIpc) is 2.01. The lowest BCUT2D eigenvalue weighted by molar-refractivity contribution is 0.290. The zero-order valence-electron chi connectivity index (χ0n) is 10.2. The van der Waals surface area contributed by atoms with Crippen LogP contribution in [0.15, 0.2) is 5.16 Å². The van der Waals surface area contributed by atoms with Crippen LogP contribution in [0.5, 0.6) is 0 Å². The third kappa shape index (κ3) is 4.24. The van der Waals surface area contributed by atoms with Gasteiger partial charge in [0, 0.05) is 13.0 Å². The zero-order valence-corrected chi connectivity index (χ0v) is 11.2. The Morgan fingerprint density at radius 2 is 1.86 bits per heavy atom. The molecule has 0 aromatic rings. The van der Waals surface area contributed by atoms with Crippen molar-refractivity contribution in [1.29, 1.82) is 0 Å². The lowest BCUT2D eigenvalue weighted by Crippen LogP contribution is -2.41. The molecule has 4 heteroatoms. The smallest absolute Gasteiger partial charge is 0.191 e. The first-order chi connectivity index (χ1) is 6.20. The van der Waals surface area contributed by atoms with E-state index in [0.717, 1.165) is 5.71 Å². The molecule has 0 aliphatic heterocycles. The van der Waals surface area contributed by atoms with Crippen LogP contribution in [0.4, 0.5) is 0 Å². The van der Waals surface area contributed by atoms with E-state index in [9.17, 15) is 0 Å². The predicted octanol–water partition coefficient (Wildman–Crippen LogP) is 3.25. The van der Waals surface area contributed by atoms with Crippen LogP contribution in [-0.2, 0) is 4.43 Å². The molecule has 3 nitrogen and oxygen atoms in total. The molecule has 0 aromatic carbocycles. The van der Waals surface area contributed by atoms with Crippen molar-refractivity contribution in [2.24, 2.45) is 5.16 Å². The minimum Gasteiger partial charge on any atom is -0.416 e. The van der Waals surface area contributed by atoms with Gasteiger partial charge in [0.25, 0.3) is 0 Å². The summed E-state index contributed by atoms with van der Waals surface area (Å²) >= 11 is 0. The molecule has 0 bridgehead atoms. The van der Waals surface area contributed by atoms with Gasteiger partial charge < -0.3 is 9.63 Å². The highest BCUT2D eigenvalue weighted by molar-refractivity contribution is 6.74. The van der Waals surface area contributed by atoms with Crippen LogP contribution in [0.2, 0.25) is 18.1 Å². The van der Waals surface area contributed by atoms with E-state index < -0.39 is 8.32 Å². The molecule has 1 N–H and O–H groups in total. The summed E-state index contributed by atoms with van der Waals surface area (Å²) in [7, 11) is -1.62. The Bertz CT molecular complexity index is 207. The van der Waals surface area contributed by atoms with Crippen molar-refractivity contribution in [2.75, 3.05) is 6.61 Å². The van der Waals surface area contributed by atoms with E-state index in [0.29, 0.717) is 13.0 Å². The first-order valence-corrected chi connectivity index (χ1v) is 7.93. The van der Waals surface area contributed by atoms with E-state index in [1.165, 1.54) is 0 Å². The molecule has 84 valence electrons. The Balaban J connectivity index is 4.01. The minimum absolute atomic E-state index is 0.247. The van der Waals surface area contributed by atoms with Crippen LogP contribution in [0.3, 0.4) is 0 Å². The summed E-state index contributed by atoms with van der Waals surface area (Å²) in [5, 5.41) is 11.8. The van der Waals surface area contributed by atoms with Gasteiger partial charge in [0.1, 0.15) is 0 Å². The second-order valence-corrected chi connectivity index (χ2v) is 10.0. The van der Waals surface area contributed by atoms with Crippen molar-refractivity contribution in [3.63, 3.8) is 0 Å². The molecule has 0 heterocycles. The van der Waals surface area contributed by atoms with Gasteiger partial charge in [0.05, 0.1) is 5.71 Å². The minimum atomic E-state index is -1.62. The van der Waals surface area contributed by atoms with Gasteiger partial charge in [-0.25, -0.2) is 0 Å². The molecule has 0 aliphatic carbocycles. The molecule has 0 atom stereocenters. The quantitative estimate of drug-likeness (QED) is 0.340. The number of hydrogen-bond donors (Lipinski definition) is 1. The van der Waals surface area contributed by atoms with Crippen LogP contribution < -0.4 is 0 Å². The molecule has 0 unspecified atom stereocenters. The Morgan fingerprint density at radius 1 is 1.36 bits per heavy atom. The Morgan fingerprint density at radius 3 is 2.21 bits per heavy atom.